The fourth-order valence-electron chi connectivity index (χ4n) is 2.51. The fraction of sp³-hybridized carbons (Fsp3) is 0.111. The van der Waals surface area contributed by atoms with Gasteiger partial charge in [0.2, 0.25) is 0 Å². The van der Waals surface area contributed by atoms with Gasteiger partial charge in [0.1, 0.15) is 23.0 Å². The highest BCUT2D eigenvalue weighted by atomic mass is 19.4. The molecule has 0 saturated carbocycles. The number of benzene rings is 2. The predicted molar refractivity (Wildman–Crippen MR) is 87.6 cm³/mol. The molecule has 0 aliphatic carbocycles. The van der Waals surface area contributed by atoms with E-state index < -0.39 is 40.8 Å². The lowest BCUT2D eigenvalue weighted by molar-refractivity contribution is -0.141. The van der Waals surface area contributed by atoms with E-state index in [0.29, 0.717) is 12.1 Å². The summed E-state index contributed by atoms with van der Waals surface area (Å²) in [7, 11) is 0. The topological polar surface area (TPSA) is 46.9 Å². The van der Waals surface area contributed by atoms with Crippen molar-refractivity contribution < 1.29 is 31.1 Å². The molecule has 146 valence electrons. The molecule has 0 saturated heterocycles. The molecule has 1 aromatic heterocycles. The summed E-state index contributed by atoms with van der Waals surface area (Å²) >= 11 is 0. The molecule has 0 aliphatic rings. The Hall–Kier alpha value is -3.30. The fourth-order valence-corrected chi connectivity index (χ4v) is 2.51. The average molecular weight is 399 g/mol. The van der Waals surface area contributed by atoms with Crippen molar-refractivity contribution in [1.29, 1.82) is 0 Å². The standard InChI is InChI=1S/C18H11F6N3O/c1-9-6-15(18(22,23)24)26-27(9)12-4-2-11(3-5-12)25-17(28)16-13(20)7-10(19)8-14(16)21/h2-8H,1H3,(H,25,28). The van der Waals surface area contributed by atoms with Crippen molar-refractivity contribution in [2.75, 3.05) is 5.32 Å². The van der Waals surface area contributed by atoms with Crippen molar-refractivity contribution in [3.05, 3.63) is 76.9 Å². The Kier molecular flexibility index (Phi) is 4.88. The largest absolute Gasteiger partial charge is 0.435 e. The number of carbonyl (C=O) groups excluding carboxylic acids is 1. The highest BCUT2D eigenvalue weighted by Gasteiger charge is 2.34. The van der Waals surface area contributed by atoms with Gasteiger partial charge in [-0.3, -0.25) is 4.79 Å². The molecule has 0 fully saturated rings. The number of hydrogen-bond acceptors (Lipinski definition) is 2. The highest BCUT2D eigenvalue weighted by Crippen LogP contribution is 2.29. The van der Waals surface area contributed by atoms with E-state index in [-0.39, 0.29) is 17.1 Å². The van der Waals surface area contributed by atoms with Gasteiger partial charge >= 0.3 is 6.18 Å². The van der Waals surface area contributed by atoms with Gasteiger partial charge in [-0.05, 0) is 37.3 Å². The van der Waals surface area contributed by atoms with E-state index in [2.05, 4.69) is 10.4 Å². The average Bonchev–Trinajstić information content (AvgIpc) is 2.96. The van der Waals surface area contributed by atoms with Gasteiger partial charge in [0.15, 0.2) is 5.69 Å². The van der Waals surface area contributed by atoms with Crippen molar-refractivity contribution in [3.8, 4) is 5.69 Å². The Balaban J connectivity index is 1.82. The minimum absolute atomic E-state index is 0.123. The van der Waals surface area contributed by atoms with Crippen LogP contribution in [0.3, 0.4) is 0 Å². The highest BCUT2D eigenvalue weighted by molar-refractivity contribution is 6.04. The Morgan fingerprint density at radius 3 is 2.07 bits per heavy atom. The van der Waals surface area contributed by atoms with Crippen LogP contribution in [-0.4, -0.2) is 15.7 Å². The predicted octanol–water partition coefficient (Wildman–Crippen LogP) is 4.87. The van der Waals surface area contributed by atoms with E-state index in [1.54, 1.807) is 0 Å². The first-order valence-electron chi connectivity index (χ1n) is 7.76. The van der Waals surface area contributed by atoms with E-state index in [1.165, 1.54) is 31.2 Å². The van der Waals surface area contributed by atoms with E-state index in [9.17, 15) is 31.1 Å². The van der Waals surface area contributed by atoms with Gasteiger partial charge in [-0.15, -0.1) is 0 Å². The first-order valence-corrected chi connectivity index (χ1v) is 7.76. The summed E-state index contributed by atoms with van der Waals surface area (Å²) in [5.41, 5.74) is -1.37. The summed E-state index contributed by atoms with van der Waals surface area (Å²) in [6.07, 6.45) is -4.59. The summed E-state index contributed by atoms with van der Waals surface area (Å²) in [6, 6.07) is 7.01. The number of nitrogens with zero attached hydrogens (tertiary/aromatic N) is 2. The maximum Gasteiger partial charge on any atom is 0.435 e. The second kappa shape index (κ2) is 7.02. The molecule has 28 heavy (non-hydrogen) atoms. The number of carbonyl (C=O) groups is 1. The third-order valence-corrected chi connectivity index (χ3v) is 3.78. The van der Waals surface area contributed by atoms with Gasteiger partial charge in [0.25, 0.3) is 5.91 Å². The van der Waals surface area contributed by atoms with Crippen LogP contribution in [0.25, 0.3) is 5.69 Å². The van der Waals surface area contributed by atoms with Crippen molar-refractivity contribution in [1.82, 2.24) is 9.78 Å². The van der Waals surface area contributed by atoms with Crippen molar-refractivity contribution in [2.45, 2.75) is 13.1 Å². The first-order chi connectivity index (χ1) is 13.1. The Morgan fingerprint density at radius 2 is 1.57 bits per heavy atom. The summed E-state index contributed by atoms with van der Waals surface area (Å²) in [4.78, 5) is 12.0. The van der Waals surface area contributed by atoms with Crippen molar-refractivity contribution >= 4 is 11.6 Å². The molecule has 0 radical (unpaired) electrons. The second-order valence-corrected chi connectivity index (χ2v) is 5.83. The number of aromatic nitrogens is 2. The molecule has 1 N–H and O–H groups in total. The summed E-state index contributed by atoms with van der Waals surface area (Å²) < 4.78 is 79.5. The number of nitrogens with one attached hydrogen (secondary N) is 1. The molecule has 10 heteroatoms. The number of rotatable bonds is 3. The van der Waals surface area contributed by atoms with Crippen LogP contribution in [-0.2, 0) is 6.18 Å². The lowest BCUT2D eigenvalue weighted by Crippen LogP contribution is -2.16. The molecular formula is C18H11F6N3O. The lowest BCUT2D eigenvalue weighted by atomic mass is 10.1. The molecule has 0 spiro atoms. The van der Waals surface area contributed by atoms with Crippen LogP contribution < -0.4 is 5.32 Å². The third kappa shape index (κ3) is 3.85. The van der Waals surface area contributed by atoms with Crippen LogP contribution in [0.5, 0.6) is 0 Å². The van der Waals surface area contributed by atoms with Crippen molar-refractivity contribution in [2.24, 2.45) is 0 Å². The van der Waals surface area contributed by atoms with E-state index in [1.807, 2.05) is 0 Å². The van der Waals surface area contributed by atoms with Gasteiger partial charge in [-0.1, -0.05) is 0 Å². The second-order valence-electron chi connectivity index (χ2n) is 5.83. The molecule has 0 unspecified atom stereocenters. The third-order valence-electron chi connectivity index (χ3n) is 3.78. The number of hydrogen-bond donors (Lipinski definition) is 1. The van der Waals surface area contributed by atoms with Gasteiger partial charge in [-0.25, -0.2) is 17.9 Å². The minimum atomic E-state index is -4.59. The molecule has 0 aliphatic heterocycles. The summed E-state index contributed by atoms with van der Waals surface area (Å²) in [5, 5.41) is 5.72. The SMILES string of the molecule is Cc1cc(C(F)(F)F)nn1-c1ccc(NC(=O)c2c(F)cc(F)cc2F)cc1. The number of amides is 1. The number of alkyl halides is 3. The quantitative estimate of drug-likeness (QED) is 0.639. The van der Waals surface area contributed by atoms with Crippen LogP contribution in [0.4, 0.5) is 32.0 Å². The van der Waals surface area contributed by atoms with Crippen molar-refractivity contribution in [3.63, 3.8) is 0 Å². The Labute approximate surface area is 154 Å². The Morgan fingerprint density at radius 1 is 1.00 bits per heavy atom. The van der Waals surface area contributed by atoms with Gasteiger partial charge < -0.3 is 5.32 Å². The van der Waals surface area contributed by atoms with Crippen LogP contribution in [0.15, 0.2) is 42.5 Å². The zero-order valence-corrected chi connectivity index (χ0v) is 14.1. The van der Waals surface area contributed by atoms with E-state index >= 15 is 0 Å². The molecule has 4 nitrogen and oxygen atoms in total. The first kappa shape index (κ1) is 19.5. The molecule has 3 rings (SSSR count). The lowest BCUT2D eigenvalue weighted by Gasteiger charge is -2.09. The summed E-state index contributed by atoms with van der Waals surface area (Å²) in [6.45, 7) is 1.44. The molecule has 2 aromatic carbocycles. The maximum absolute atomic E-state index is 13.6. The molecular weight excluding hydrogens is 388 g/mol. The van der Waals surface area contributed by atoms with Gasteiger partial charge in [-0.2, -0.15) is 18.3 Å². The molecule has 0 bridgehead atoms. The van der Waals surface area contributed by atoms with E-state index in [0.717, 1.165) is 10.7 Å². The number of halogens is 6. The van der Waals surface area contributed by atoms with E-state index in [4.69, 9.17) is 0 Å². The maximum atomic E-state index is 13.6. The number of aryl methyl sites for hydroxylation is 1. The monoisotopic (exact) mass is 399 g/mol. The van der Waals surface area contributed by atoms with Crippen LogP contribution >= 0.6 is 0 Å². The Bertz CT molecular complexity index is 1020. The summed E-state index contributed by atoms with van der Waals surface area (Å²) in [5.74, 6) is -5.03. The molecule has 0 atom stereocenters. The normalized spacial score (nSPS) is 11.5. The zero-order valence-electron chi connectivity index (χ0n) is 14.1. The van der Waals surface area contributed by atoms with Crippen LogP contribution in [0, 0.1) is 24.4 Å². The zero-order chi connectivity index (χ0) is 20.6. The van der Waals surface area contributed by atoms with Crippen LogP contribution in [0.1, 0.15) is 21.7 Å². The molecule has 1 amide bonds. The smallest absolute Gasteiger partial charge is 0.322 e. The number of anilines is 1. The molecule has 3 aromatic rings. The molecule has 1 heterocycles. The van der Waals surface area contributed by atoms with Crippen LogP contribution in [0.2, 0.25) is 0 Å². The van der Waals surface area contributed by atoms with Gasteiger partial charge in [0, 0.05) is 23.5 Å². The minimum Gasteiger partial charge on any atom is -0.322 e. The van der Waals surface area contributed by atoms with Gasteiger partial charge in [0.05, 0.1) is 5.69 Å².